The quantitative estimate of drug-likeness (QED) is 0.758. The van der Waals surface area contributed by atoms with E-state index >= 15 is 0 Å². The summed E-state index contributed by atoms with van der Waals surface area (Å²) < 4.78 is 0. The third-order valence-corrected chi connectivity index (χ3v) is 3.24. The second-order valence-corrected chi connectivity index (χ2v) is 4.40. The van der Waals surface area contributed by atoms with E-state index in [-0.39, 0.29) is 0 Å². The van der Waals surface area contributed by atoms with Gasteiger partial charge in [-0.1, -0.05) is 18.2 Å². The number of para-hydroxylation sites is 1. The molecule has 2 heterocycles. The monoisotopic (exact) mass is 248 g/mol. The van der Waals surface area contributed by atoms with Crippen molar-refractivity contribution < 1.29 is 0 Å². The van der Waals surface area contributed by atoms with Crippen LogP contribution in [0.1, 0.15) is 22.9 Å². The summed E-state index contributed by atoms with van der Waals surface area (Å²) in [6.45, 7) is 1.98. The molecule has 0 amide bonds. The Morgan fingerprint density at radius 1 is 1.26 bits per heavy atom. The van der Waals surface area contributed by atoms with Gasteiger partial charge < -0.3 is 4.98 Å². The van der Waals surface area contributed by atoms with E-state index in [1.165, 1.54) is 0 Å². The molecule has 0 aliphatic rings. The van der Waals surface area contributed by atoms with Gasteiger partial charge in [0.1, 0.15) is 5.92 Å². The van der Waals surface area contributed by atoms with Crippen molar-refractivity contribution in [3.8, 4) is 6.07 Å². The van der Waals surface area contributed by atoms with Gasteiger partial charge in [0, 0.05) is 34.6 Å². The molecule has 0 bridgehead atoms. The largest absolute Gasteiger partial charge is 0.358 e. The number of nitrogens with one attached hydrogen (secondary N) is 1. The lowest BCUT2D eigenvalue weighted by Crippen LogP contribution is -2.02. The number of aryl methyl sites for hydroxylation is 1. The van der Waals surface area contributed by atoms with Crippen LogP contribution in [0.5, 0.6) is 0 Å². The summed E-state index contributed by atoms with van der Waals surface area (Å²) in [5.74, 6) is -0.398. The van der Waals surface area contributed by atoms with Gasteiger partial charge in [0.15, 0.2) is 0 Å². The van der Waals surface area contributed by atoms with Crippen LogP contribution in [-0.2, 0) is 0 Å². The fourth-order valence-electron chi connectivity index (χ4n) is 2.41. The maximum Gasteiger partial charge on any atom is 0.117 e. The molecular weight excluding hydrogens is 236 g/mol. The van der Waals surface area contributed by atoms with Gasteiger partial charge in [0.05, 0.1) is 18.0 Å². The van der Waals surface area contributed by atoms with E-state index in [4.69, 9.17) is 0 Å². The maximum absolute atomic E-state index is 9.50. The first-order valence-electron chi connectivity index (χ1n) is 6.04. The van der Waals surface area contributed by atoms with Crippen LogP contribution in [0.2, 0.25) is 0 Å². The van der Waals surface area contributed by atoms with Crippen LogP contribution in [0.4, 0.5) is 0 Å². The van der Waals surface area contributed by atoms with Crippen molar-refractivity contribution in [2.75, 3.05) is 0 Å². The molecule has 0 spiro atoms. The first-order valence-corrected chi connectivity index (χ1v) is 6.04. The lowest BCUT2D eigenvalue weighted by atomic mass is 9.94. The molecule has 4 nitrogen and oxygen atoms in total. The summed E-state index contributed by atoms with van der Waals surface area (Å²) in [6, 6.07) is 10.3. The van der Waals surface area contributed by atoms with Crippen molar-refractivity contribution in [1.29, 1.82) is 5.26 Å². The number of benzene rings is 1. The Kier molecular flexibility index (Phi) is 2.73. The third kappa shape index (κ3) is 1.85. The Morgan fingerprint density at radius 3 is 2.84 bits per heavy atom. The predicted molar refractivity (Wildman–Crippen MR) is 72.5 cm³/mol. The highest BCUT2D eigenvalue weighted by molar-refractivity contribution is 5.86. The molecule has 3 rings (SSSR count). The number of aromatic nitrogens is 3. The molecule has 2 aromatic heterocycles. The van der Waals surface area contributed by atoms with Crippen molar-refractivity contribution in [1.82, 2.24) is 15.0 Å². The van der Waals surface area contributed by atoms with Gasteiger partial charge in [0.25, 0.3) is 0 Å². The van der Waals surface area contributed by atoms with Crippen molar-refractivity contribution in [2.45, 2.75) is 12.8 Å². The highest BCUT2D eigenvalue weighted by Gasteiger charge is 2.21. The zero-order valence-corrected chi connectivity index (χ0v) is 10.5. The highest BCUT2D eigenvalue weighted by atomic mass is 14.8. The second kappa shape index (κ2) is 4.54. The van der Waals surface area contributed by atoms with Crippen molar-refractivity contribution in [2.24, 2.45) is 0 Å². The number of hydrogen-bond acceptors (Lipinski definition) is 3. The molecule has 3 aromatic rings. The van der Waals surface area contributed by atoms with Crippen LogP contribution in [0, 0.1) is 18.3 Å². The summed E-state index contributed by atoms with van der Waals surface area (Å²) in [6.07, 6.45) is 4.87. The normalized spacial score (nSPS) is 12.2. The molecule has 0 saturated carbocycles. The summed E-state index contributed by atoms with van der Waals surface area (Å²) in [4.78, 5) is 11.6. The summed E-state index contributed by atoms with van der Waals surface area (Å²) in [5.41, 5.74) is 3.70. The Bertz CT molecular complexity index is 753. The molecule has 4 heteroatoms. The molecule has 19 heavy (non-hydrogen) atoms. The standard InChI is InChI=1S/C15H12N4/c1-10-15(11-4-2-3-5-13(11)19-10)12(8-16)14-9-17-6-7-18-14/h2-7,9,12,19H,1H3. The minimum Gasteiger partial charge on any atom is -0.358 e. The van der Waals surface area contributed by atoms with Crippen LogP contribution in [0.15, 0.2) is 42.9 Å². The predicted octanol–water partition coefficient (Wildman–Crippen LogP) is 2.92. The molecular formula is C15H12N4. The topological polar surface area (TPSA) is 65.4 Å². The molecule has 1 aromatic carbocycles. The SMILES string of the molecule is Cc1[nH]c2ccccc2c1C(C#N)c1cnccn1. The van der Waals surface area contributed by atoms with E-state index in [2.05, 4.69) is 21.0 Å². The van der Waals surface area contributed by atoms with E-state index in [9.17, 15) is 5.26 Å². The van der Waals surface area contributed by atoms with E-state index in [1.807, 2.05) is 31.2 Å². The van der Waals surface area contributed by atoms with Gasteiger partial charge in [-0.15, -0.1) is 0 Å². The average molecular weight is 248 g/mol. The molecule has 1 atom stereocenters. The number of hydrogen-bond donors (Lipinski definition) is 1. The van der Waals surface area contributed by atoms with Crippen LogP contribution in [0.3, 0.4) is 0 Å². The first kappa shape index (κ1) is 11.4. The van der Waals surface area contributed by atoms with E-state index in [1.54, 1.807) is 18.6 Å². The van der Waals surface area contributed by atoms with E-state index in [0.29, 0.717) is 5.69 Å². The summed E-state index contributed by atoms with van der Waals surface area (Å²) in [7, 11) is 0. The minimum absolute atomic E-state index is 0.398. The third-order valence-electron chi connectivity index (χ3n) is 3.24. The molecule has 0 saturated heterocycles. The molecule has 0 aliphatic carbocycles. The number of nitriles is 1. The summed E-state index contributed by atoms with van der Waals surface area (Å²) >= 11 is 0. The van der Waals surface area contributed by atoms with Crippen LogP contribution >= 0.6 is 0 Å². The van der Waals surface area contributed by atoms with E-state index < -0.39 is 5.92 Å². The van der Waals surface area contributed by atoms with Crippen molar-refractivity contribution >= 4 is 10.9 Å². The maximum atomic E-state index is 9.50. The number of aromatic amines is 1. The van der Waals surface area contributed by atoms with Crippen LogP contribution in [0.25, 0.3) is 10.9 Å². The van der Waals surface area contributed by atoms with Gasteiger partial charge in [-0.25, -0.2) is 0 Å². The Balaban J connectivity index is 2.23. The molecule has 1 N–H and O–H groups in total. The number of H-pyrrole nitrogens is 1. The Hall–Kier alpha value is -2.67. The number of nitrogens with zero attached hydrogens (tertiary/aromatic N) is 3. The minimum atomic E-state index is -0.398. The van der Waals surface area contributed by atoms with Crippen molar-refractivity contribution in [3.63, 3.8) is 0 Å². The number of fused-ring (bicyclic) bond motifs is 1. The first-order chi connectivity index (χ1) is 9.31. The van der Waals surface area contributed by atoms with Gasteiger partial charge >= 0.3 is 0 Å². The lowest BCUT2D eigenvalue weighted by Gasteiger charge is -2.08. The molecule has 92 valence electrons. The van der Waals surface area contributed by atoms with Gasteiger partial charge in [-0.2, -0.15) is 5.26 Å². The van der Waals surface area contributed by atoms with E-state index in [0.717, 1.165) is 22.2 Å². The highest BCUT2D eigenvalue weighted by Crippen LogP contribution is 2.31. The van der Waals surface area contributed by atoms with Crippen LogP contribution in [-0.4, -0.2) is 15.0 Å². The van der Waals surface area contributed by atoms with Gasteiger partial charge in [0.2, 0.25) is 0 Å². The number of rotatable bonds is 2. The zero-order valence-electron chi connectivity index (χ0n) is 10.5. The average Bonchev–Trinajstić information content (AvgIpc) is 2.78. The lowest BCUT2D eigenvalue weighted by molar-refractivity contribution is 0.938. The fourth-order valence-corrected chi connectivity index (χ4v) is 2.41. The van der Waals surface area contributed by atoms with Gasteiger partial charge in [-0.05, 0) is 13.0 Å². The fraction of sp³-hybridized carbons (Fsp3) is 0.133. The zero-order chi connectivity index (χ0) is 13.2. The van der Waals surface area contributed by atoms with Crippen LogP contribution < -0.4 is 0 Å². The molecule has 1 unspecified atom stereocenters. The molecule has 0 radical (unpaired) electrons. The second-order valence-electron chi connectivity index (χ2n) is 4.40. The Labute approximate surface area is 110 Å². The Morgan fingerprint density at radius 2 is 2.11 bits per heavy atom. The molecule has 0 aliphatic heterocycles. The van der Waals surface area contributed by atoms with Crippen molar-refractivity contribution in [3.05, 3.63) is 59.8 Å². The summed E-state index contributed by atoms with van der Waals surface area (Å²) in [5, 5.41) is 10.6. The smallest absolute Gasteiger partial charge is 0.117 e. The van der Waals surface area contributed by atoms with Gasteiger partial charge in [-0.3, -0.25) is 9.97 Å². The molecule has 0 fully saturated rings.